The first kappa shape index (κ1) is 13.8. The van der Waals surface area contributed by atoms with Gasteiger partial charge in [-0.15, -0.1) is 12.6 Å². The Morgan fingerprint density at radius 2 is 2.00 bits per heavy atom. The molecule has 0 unspecified atom stereocenters. The molecule has 0 amide bonds. The first-order valence-electron chi connectivity index (χ1n) is 4.98. The third kappa shape index (κ3) is 9.16. The van der Waals surface area contributed by atoms with Crippen LogP contribution in [0.15, 0.2) is 59.7 Å². The summed E-state index contributed by atoms with van der Waals surface area (Å²) in [7, 11) is 0. The fourth-order valence-electron chi connectivity index (χ4n) is 0.943. The van der Waals surface area contributed by atoms with Crippen LogP contribution in [0.25, 0.3) is 0 Å². The Hall–Kier alpha value is -1.15. The van der Waals surface area contributed by atoms with Crippen LogP contribution in [0.2, 0.25) is 0 Å². The van der Waals surface area contributed by atoms with Crippen molar-refractivity contribution < 1.29 is 0 Å². The van der Waals surface area contributed by atoms with E-state index < -0.39 is 0 Å². The van der Waals surface area contributed by atoms with Crippen molar-refractivity contribution in [2.75, 3.05) is 6.54 Å². The molecule has 0 saturated heterocycles. The molecule has 1 aromatic carbocycles. The molecule has 0 aromatic heterocycles. The molecule has 1 nitrogen and oxygen atoms in total. The highest BCUT2D eigenvalue weighted by molar-refractivity contribution is 7.80. The summed E-state index contributed by atoms with van der Waals surface area (Å²) < 4.78 is 0. The van der Waals surface area contributed by atoms with Gasteiger partial charge in [-0.3, -0.25) is 0 Å². The van der Waals surface area contributed by atoms with Crippen LogP contribution in [0.4, 0.5) is 0 Å². The van der Waals surface area contributed by atoms with Crippen molar-refractivity contribution in [2.24, 2.45) is 0 Å². The summed E-state index contributed by atoms with van der Waals surface area (Å²) in [5, 5.41) is 3.14. The molecule has 0 atom stereocenters. The number of benzene rings is 1. The second-order valence-corrected chi connectivity index (χ2v) is 3.47. The molecule has 0 saturated carbocycles. The molecule has 0 bridgehead atoms. The van der Waals surface area contributed by atoms with Crippen LogP contribution in [0.5, 0.6) is 0 Å². The third-order valence-corrected chi connectivity index (χ3v) is 1.88. The van der Waals surface area contributed by atoms with Gasteiger partial charge in [0.05, 0.1) is 0 Å². The van der Waals surface area contributed by atoms with Crippen molar-refractivity contribution in [1.82, 2.24) is 5.32 Å². The van der Waals surface area contributed by atoms with Crippen molar-refractivity contribution in [2.45, 2.75) is 18.7 Å². The standard InChI is InChI=1S/C7H13N.C6H6S/c1-4-6-7(3)8-5-2;7-6-4-2-1-3-5-6/h4,6,8H,1,5H2,2-3H3;1-5,7H/b7-6-;. The van der Waals surface area contributed by atoms with Gasteiger partial charge < -0.3 is 5.32 Å². The lowest BCUT2D eigenvalue weighted by Gasteiger charge is -1.98. The van der Waals surface area contributed by atoms with E-state index in [2.05, 4.69) is 31.4 Å². The van der Waals surface area contributed by atoms with Crippen LogP contribution in [0.1, 0.15) is 13.8 Å². The fraction of sp³-hybridized carbons (Fsp3) is 0.231. The minimum absolute atomic E-state index is 0.982. The van der Waals surface area contributed by atoms with E-state index in [1.54, 1.807) is 6.08 Å². The lowest BCUT2D eigenvalue weighted by Crippen LogP contribution is -2.08. The number of allylic oxidation sites excluding steroid dienone is 3. The van der Waals surface area contributed by atoms with E-state index in [4.69, 9.17) is 0 Å². The van der Waals surface area contributed by atoms with E-state index in [1.165, 1.54) is 5.70 Å². The zero-order valence-electron chi connectivity index (χ0n) is 9.40. The number of hydrogen-bond acceptors (Lipinski definition) is 2. The second-order valence-electron chi connectivity index (χ2n) is 2.95. The summed E-state index contributed by atoms with van der Waals surface area (Å²) in [6.45, 7) is 8.64. The summed E-state index contributed by atoms with van der Waals surface area (Å²) in [6, 6.07) is 9.79. The maximum absolute atomic E-state index is 4.08. The molecule has 0 radical (unpaired) electrons. The molecule has 0 heterocycles. The Bertz CT molecular complexity index is 291. The van der Waals surface area contributed by atoms with E-state index in [9.17, 15) is 0 Å². The van der Waals surface area contributed by atoms with Gasteiger partial charge in [-0.25, -0.2) is 0 Å². The molecule has 0 aliphatic carbocycles. The van der Waals surface area contributed by atoms with Crippen LogP contribution in [0, 0.1) is 0 Å². The van der Waals surface area contributed by atoms with Gasteiger partial charge in [0.15, 0.2) is 0 Å². The van der Waals surface area contributed by atoms with Gasteiger partial charge in [-0.2, -0.15) is 0 Å². The first-order valence-corrected chi connectivity index (χ1v) is 5.42. The molecule has 0 fully saturated rings. The highest BCUT2D eigenvalue weighted by Crippen LogP contribution is 2.00. The number of rotatable bonds is 3. The largest absolute Gasteiger partial charge is 0.389 e. The van der Waals surface area contributed by atoms with E-state index in [0.29, 0.717) is 0 Å². The average molecular weight is 221 g/mol. The molecule has 1 rings (SSSR count). The van der Waals surface area contributed by atoms with Crippen LogP contribution in [-0.2, 0) is 0 Å². The van der Waals surface area contributed by atoms with Crippen molar-refractivity contribution in [3.8, 4) is 0 Å². The molecule has 2 heteroatoms. The Balaban J connectivity index is 0.000000262. The Morgan fingerprint density at radius 1 is 1.40 bits per heavy atom. The average Bonchev–Trinajstić information content (AvgIpc) is 2.20. The normalized spacial score (nSPS) is 9.93. The number of nitrogens with one attached hydrogen (secondary N) is 1. The van der Waals surface area contributed by atoms with Crippen molar-refractivity contribution in [1.29, 1.82) is 0 Å². The molecule has 1 aromatic rings. The molecule has 0 aliphatic rings. The van der Waals surface area contributed by atoms with Gasteiger partial charge in [0, 0.05) is 17.1 Å². The number of hydrogen-bond donors (Lipinski definition) is 2. The van der Waals surface area contributed by atoms with Crippen LogP contribution >= 0.6 is 12.6 Å². The van der Waals surface area contributed by atoms with Gasteiger partial charge in [0.25, 0.3) is 0 Å². The van der Waals surface area contributed by atoms with Gasteiger partial charge in [-0.05, 0) is 32.1 Å². The Labute approximate surface area is 98.3 Å². The molecule has 0 spiro atoms. The Kier molecular flexibility index (Phi) is 8.69. The second kappa shape index (κ2) is 9.41. The summed E-state index contributed by atoms with van der Waals surface area (Å²) in [5.74, 6) is 0. The van der Waals surface area contributed by atoms with Crippen molar-refractivity contribution in [3.63, 3.8) is 0 Å². The third-order valence-electron chi connectivity index (χ3n) is 1.58. The fourth-order valence-corrected chi connectivity index (χ4v) is 1.11. The SMILES string of the molecule is C=C/C=C(/C)NCC.Sc1ccccc1. The molecular weight excluding hydrogens is 202 g/mol. The van der Waals surface area contributed by atoms with Crippen molar-refractivity contribution in [3.05, 3.63) is 54.8 Å². The zero-order valence-corrected chi connectivity index (χ0v) is 10.3. The van der Waals surface area contributed by atoms with Gasteiger partial charge in [0.2, 0.25) is 0 Å². The van der Waals surface area contributed by atoms with Gasteiger partial charge in [-0.1, -0.05) is 30.9 Å². The summed E-state index contributed by atoms with van der Waals surface area (Å²) in [6.07, 6.45) is 3.72. The van der Waals surface area contributed by atoms with Crippen LogP contribution in [0.3, 0.4) is 0 Å². The molecule has 15 heavy (non-hydrogen) atoms. The predicted molar refractivity (Wildman–Crippen MR) is 71.3 cm³/mol. The van der Waals surface area contributed by atoms with Crippen molar-refractivity contribution >= 4 is 12.6 Å². The van der Waals surface area contributed by atoms with Crippen LogP contribution < -0.4 is 5.32 Å². The maximum Gasteiger partial charge on any atom is 0.0115 e. The van der Waals surface area contributed by atoms with E-state index in [1.807, 2.05) is 43.3 Å². The summed E-state index contributed by atoms with van der Waals surface area (Å²) >= 11 is 4.08. The van der Waals surface area contributed by atoms with E-state index in [-0.39, 0.29) is 0 Å². The molecular formula is C13H19NS. The van der Waals surface area contributed by atoms with E-state index in [0.717, 1.165) is 11.4 Å². The quantitative estimate of drug-likeness (QED) is 0.586. The predicted octanol–water partition coefficient (Wildman–Crippen LogP) is 3.66. The lowest BCUT2D eigenvalue weighted by atomic mass is 10.4. The summed E-state index contributed by atoms with van der Waals surface area (Å²) in [5.41, 5.74) is 1.17. The highest BCUT2D eigenvalue weighted by Gasteiger charge is 1.76. The monoisotopic (exact) mass is 221 g/mol. The minimum Gasteiger partial charge on any atom is -0.389 e. The van der Waals surface area contributed by atoms with Gasteiger partial charge >= 0.3 is 0 Å². The summed E-state index contributed by atoms with van der Waals surface area (Å²) in [4.78, 5) is 1.02. The molecule has 82 valence electrons. The molecule has 1 N–H and O–H groups in total. The van der Waals surface area contributed by atoms with Gasteiger partial charge in [0.1, 0.15) is 0 Å². The Morgan fingerprint density at radius 3 is 2.33 bits per heavy atom. The topological polar surface area (TPSA) is 12.0 Å². The zero-order chi connectivity index (χ0) is 11.5. The maximum atomic E-state index is 4.08. The van der Waals surface area contributed by atoms with E-state index >= 15 is 0 Å². The first-order chi connectivity index (χ1) is 7.20. The molecule has 0 aliphatic heterocycles. The lowest BCUT2D eigenvalue weighted by molar-refractivity contribution is 0.855. The number of thiol groups is 1. The van der Waals surface area contributed by atoms with Crippen LogP contribution in [-0.4, -0.2) is 6.54 Å². The minimum atomic E-state index is 0.982. The highest BCUT2D eigenvalue weighted by atomic mass is 32.1. The smallest absolute Gasteiger partial charge is 0.0115 e.